The normalized spacial score (nSPS) is 18.6. The van der Waals surface area contributed by atoms with E-state index >= 15 is 0 Å². The summed E-state index contributed by atoms with van der Waals surface area (Å²) in [5.74, 6) is -2.17. The van der Waals surface area contributed by atoms with E-state index in [0.29, 0.717) is 11.3 Å². The molecule has 28 heavy (non-hydrogen) atoms. The lowest BCUT2D eigenvalue weighted by atomic mass is 9.99. The van der Waals surface area contributed by atoms with Gasteiger partial charge in [0.15, 0.2) is 0 Å². The van der Waals surface area contributed by atoms with Crippen molar-refractivity contribution in [1.29, 1.82) is 0 Å². The van der Waals surface area contributed by atoms with Gasteiger partial charge >= 0.3 is 0 Å². The van der Waals surface area contributed by atoms with Crippen LogP contribution in [0.25, 0.3) is 5.76 Å². The molecule has 2 heterocycles. The Morgan fingerprint density at radius 3 is 2.32 bits per heavy atom. The minimum Gasteiger partial charge on any atom is -0.507 e. The maximum Gasteiger partial charge on any atom is 0.300 e. The summed E-state index contributed by atoms with van der Waals surface area (Å²) in [6, 6.07) is 15.3. The lowest BCUT2D eigenvalue weighted by Crippen LogP contribution is -2.29. The fourth-order valence-corrected chi connectivity index (χ4v) is 4.11. The zero-order chi connectivity index (χ0) is 19.8. The van der Waals surface area contributed by atoms with Crippen LogP contribution in [0.1, 0.15) is 22.0 Å². The van der Waals surface area contributed by atoms with Gasteiger partial charge in [-0.2, -0.15) is 0 Å². The van der Waals surface area contributed by atoms with Crippen LogP contribution in [-0.4, -0.2) is 16.8 Å². The van der Waals surface area contributed by atoms with Gasteiger partial charge < -0.3 is 5.11 Å². The van der Waals surface area contributed by atoms with Gasteiger partial charge in [0, 0.05) is 16.1 Å². The highest BCUT2D eigenvalue weighted by Gasteiger charge is 2.47. The van der Waals surface area contributed by atoms with Crippen molar-refractivity contribution in [3.8, 4) is 0 Å². The molecule has 1 amide bonds. The Bertz CT molecular complexity index is 1070. The molecule has 3 aromatic rings. The molecule has 1 saturated heterocycles. The van der Waals surface area contributed by atoms with Crippen molar-refractivity contribution in [2.75, 3.05) is 4.90 Å². The number of anilines is 1. The summed E-state index contributed by atoms with van der Waals surface area (Å²) in [6.45, 7) is 1.92. The highest BCUT2D eigenvalue weighted by molar-refractivity contribution is 7.10. The highest BCUT2D eigenvalue weighted by atomic mass is 32.1. The molecule has 0 bridgehead atoms. The van der Waals surface area contributed by atoms with Gasteiger partial charge in [-0.15, -0.1) is 11.3 Å². The minimum atomic E-state index is -0.772. The second-order valence-electron chi connectivity index (χ2n) is 6.53. The summed E-state index contributed by atoms with van der Waals surface area (Å²) < 4.78 is 13.4. The number of hydrogen-bond acceptors (Lipinski definition) is 4. The number of carbonyl (C=O) groups excluding carboxylic acids is 2. The summed E-state index contributed by atoms with van der Waals surface area (Å²) in [7, 11) is 0. The smallest absolute Gasteiger partial charge is 0.300 e. The molecule has 1 aliphatic rings. The van der Waals surface area contributed by atoms with Crippen molar-refractivity contribution in [3.05, 3.63) is 93.4 Å². The van der Waals surface area contributed by atoms with E-state index in [-0.39, 0.29) is 11.3 Å². The molecule has 4 rings (SSSR count). The van der Waals surface area contributed by atoms with Crippen LogP contribution in [0.15, 0.2) is 71.6 Å². The number of aliphatic hydroxyl groups excluding tert-OH is 1. The average molecular weight is 393 g/mol. The van der Waals surface area contributed by atoms with Crippen LogP contribution < -0.4 is 4.90 Å². The number of aliphatic hydroxyl groups is 1. The number of rotatable bonds is 3. The molecule has 140 valence electrons. The Balaban J connectivity index is 1.91. The third kappa shape index (κ3) is 3.01. The van der Waals surface area contributed by atoms with Crippen LogP contribution in [0.4, 0.5) is 10.1 Å². The first-order chi connectivity index (χ1) is 13.5. The Morgan fingerprint density at radius 1 is 1.04 bits per heavy atom. The van der Waals surface area contributed by atoms with Crippen LogP contribution in [0.2, 0.25) is 0 Å². The molecule has 1 unspecified atom stereocenters. The number of amides is 1. The lowest BCUT2D eigenvalue weighted by Gasteiger charge is -2.24. The predicted octanol–water partition coefficient (Wildman–Crippen LogP) is 4.82. The van der Waals surface area contributed by atoms with Crippen molar-refractivity contribution < 1.29 is 19.1 Å². The molecule has 2 aromatic carbocycles. The fourth-order valence-electron chi connectivity index (χ4n) is 3.28. The van der Waals surface area contributed by atoms with Gasteiger partial charge in [0.25, 0.3) is 11.7 Å². The Hall–Kier alpha value is -3.25. The molecule has 1 aliphatic heterocycles. The lowest BCUT2D eigenvalue weighted by molar-refractivity contribution is -0.132. The fraction of sp³-hybridized carbons (Fsp3) is 0.0909. The Kier molecular flexibility index (Phi) is 4.57. The standard InChI is InChI=1S/C22H16FNO3S/c1-13-4-6-14(7-5-13)20(25)18-19(17-3-2-12-28-17)24(22(27)21(18)26)16-10-8-15(23)9-11-16/h2-12,19,25H,1H3/b20-18-. The van der Waals surface area contributed by atoms with Gasteiger partial charge in [-0.1, -0.05) is 35.9 Å². The van der Waals surface area contributed by atoms with Gasteiger partial charge in [-0.3, -0.25) is 14.5 Å². The predicted molar refractivity (Wildman–Crippen MR) is 107 cm³/mol. The number of aryl methyl sites for hydroxylation is 1. The van der Waals surface area contributed by atoms with Crippen molar-refractivity contribution in [1.82, 2.24) is 0 Å². The average Bonchev–Trinajstić information content (AvgIpc) is 3.30. The largest absolute Gasteiger partial charge is 0.507 e. The number of carbonyl (C=O) groups is 2. The first-order valence-electron chi connectivity index (χ1n) is 8.64. The van der Waals surface area contributed by atoms with E-state index in [4.69, 9.17) is 0 Å². The SMILES string of the molecule is Cc1ccc(/C(O)=C2/C(=O)C(=O)N(c3ccc(F)cc3)C2c2cccs2)cc1. The number of ketones is 1. The number of Topliss-reactive ketones (excluding diaryl/α,β-unsaturated/α-hetero) is 1. The molecule has 1 atom stereocenters. The Morgan fingerprint density at radius 2 is 1.71 bits per heavy atom. The van der Waals surface area contributed by atoms with Gasteiger partial charge in [0.1, 0.15) is 17.6 Å². The van der Waals surface area contributed by atoms with E-state index in [1.165, 1.54) is 40.5 Å². The molecular weight excluding hydrogens is 377 g/mol. The molecule has 0 spiro atoms. The summed E-state index contributed by atoms with van der Waals surface area (Å²) in [5, 5.41) is 12.7. The van der Waals surface area contributed by atoms with Crippen molar-refractivity contribution in [2.45, 2.75) is 13.0 Å². The highest BCUT2D eigenvalue weighted by Crippen LogP contribution is 2.43. The summed E-state index contributed by atoms with van der Waals surface area (Å²) in [6.07, 6.45) is 0. The number of hydrogen-bond donors (Lipinski definition) is 1. The number of halogens is 1. The molecule has 0 radical (unpaired) electrons. The first kappa shape index (κ1) is 18.1. The van der Waals surface area contributed by atoms with Crippen LogP contribution in [0.5, 0.6) is 0 Å². The minimum absolute atomic E-state index is 0.0284. The first-order valence-corrected chi connectivity index (χ1v) is 9.52. The molecule has 1 N–H and O–H groups in total. The zero-order valence-corrected chi connectivity index (χ0v) is 15.7. The molecule has 1 aromatic heterocycles. The van der Waals surface area contributed by atoms with Crippen LogP contribution in [0, 0.1) is 12.7 Å². The number of benzene rings is 2. The Labute approximate surface area is 165 Å². The summed E-state index contributed by atoms with van der Waals surface area (Å²) >= 11 is 1.38. The van der Waals surface area contributed by atoms with Crippen LogP contribution >= 0.6 is 11.3 Å². The number of thiophene rings is 1. The quantitative estimate of drug-likeness (QED) is 0.394. The van der Waals surface area contributed by atoms with Gasteiger partial charge in [-0.25, -0.2) is 4.39 Å². The molecule has 0 aliphatic carbocycles. The van der Waals surface area contributed by atoms with E-state index in [1.54, 1.807) is 18.2 Å². The topological polar surface area (TPSA) is 57.6 Å². The van der Waals surface area contributed by atoms with Crippen molar-refractivity contribution in [2.24, 2.45) is 0 Å². The zero-order valence-electron chi connectivity index (χ0n) is 14.9. The maximum atomic E-state index is 13.4. The summed E-state index contributed by atoms with van der Waals surface area (Å²) in [5.41, 5.74) is 1.90. The van der Waals surface area contributed by atoms with E-state index in [0.717, 1.165) is 10.4 Å². The van der Waals surface area contributed by atoms with Gasteiger partial charge in [0.05, 0.1) is 5.57 Å². The van der Waals surface area contributed by atoms with E-state index in [1.807, 2.05) is 30.5 Å². The van der Waals surface area contributed by atoms with Crippen LogP contribution in [-0.2, 0) is 9.59 Å². The molecule has 1 fully saturated rings. The van der Waals surface area contributed by atoms with Crippen molar-refractivity contribution in [3.63, 3.8) is 0 Å². The monoisotopic (exact) mass is 393 g/mol. The van der Waals surface area contributed by atoms with E-state index < -0.39 is 23.5 Å². The molecule has 0 saturated carbocycles. The van der Waals surface area contributed by atoms with Gasteiger partial charge in [-0.05, 0) is 42.6 Å². The van der Waals surface area contributed by atoms with Crippen molar-refractivity contribution >= 4 is 34.5 Å². The molecule has 4 nitrogen and oxygen atoms in total. The second kappa shape index (κ2) is 7.05. The van der Waals surface area contributed by atoms with Gasteiger partial charge in [0.2, 0.25) is 0 Å². The third-order valence-corrected chi connectivity index (χ3v) is 5.61. The summed E-state index contributed by atoms with van der Waals surface area (Å²) in [4.78, 5) is 27.7. The maximum absolute atomic E-state index is 13.4. The van der Waals surface area contributed by atoms with Crippen LogP contribution in [0.3, 0.4) is 0 Å². The molecular formula is C22H16FNO3S. The third-order valence-electron chi connectivity index (χ3n) is 4.69. The number of nitrogens with zero attached hydrogens (tertiary/aromatic N) is 1. The molecule has 6 heteroatoms. The van der Waals surface area contributed by atoms with E-state index in [9.17, 15) is 19.1 Å². The second-order valence-corrected chi connectivity index (χ2v) is 7.51. The van der Waals surface area contributed by atoms with E-state index in [2.05, 4.69) is 0 Å².